The number of hydrogen-bond acceptors (Lipinski definition) is 6. The molecule has 0 unspecified atom stereocenters. The molecule has 2 heterocycles. The number of anilines is 3. The van der Waals surface area contributed by atoms with Crippen LogP contribution >= 0.6 is 0 Å². The first kappa shape index (κ1) is 12.7. The number of rotatable bonds is 3. The van der Waals surface area contributed by atoms with E-state index < -0.39 is 0 Å². The van der Waals surface area contributed by atoms with Crippen LogP contribution in [-0.2, 0) is 0 Å². The largest absolute Gasteiger partial charge is 0.495 e. The van der Waals surface area contributed by atoms with Gasteiger partial charge in [-0.3, -0.25) is 0 Å². The van der Waals surface area contributed by atoms with Gasteiger partial charge in [-0.1, -0.05) is 0 Å². The maximum absolute atomic E-state index is 8.92. The molecule has 7 heteroatoms. The van der Waals surface area contributed by atoms with Crippen LogP contribution in [0.15, 0.2) is 36.8 Å². The highest BCUT2D eigenvalue weighted by Gasteiger charge is 2.10. The summed E-state index contributed by atoms with van der Waals surface area (Å²) in [5.74, 6) is 1.43. The number of hydrogen-bond donors (Lipinski definition) is 2. The zero-order valence-electron chi connectivity index (χ0n) is 11.2. The van der Waals surface area contributed by atoms with Crippen molar-refractivity contribution in [1.29, 1.82) is 5.26 Å². The average Bonchev–Trinajstić information content (AvgIpc) is 2.96. The Kier molecular flexibility index (Phi) is 3.04. The Morgan fingerprint density at radius 2 is 2.29 bits per heavy atom. The fraction of sp³-hybridized carbons (Fsp3) is 0.0714. The van der Waals surface area contributed by atoms with Crippen LogP contribution in [0.3, 0.4) is 0 Å². The van der Waals surface area contributed by atoms with Gasteiger partial charge in [0.2, 0.25) is 0 Å². The lowest BCUT2D eigenvalue weighted by atomic mass is 10.2. The van der Waals surface area contributed by atoms with E-state index in [-0.39, 0.29) is 0 Å². The number of nitrogens with zero attached hydrogens (tertiary/aromatic N) is 4. The third-order valence-corrected chi connectivity index (χ3v) is 2.98. The van der Waals surface area contributed by atoms with Gasteiger partial charge in [-0.15, -0.1) is 0 Å². The van der Waals surface area contributed by atoms with E-state index in [1.54, 1.807) is 48.3 Å². The Morgan fingerprint density at radius 1 is 1.43 bits per heavy atom. The molecule has 3 rings (SSSR count). The van der Waals surface area contributed by atoms with Crippen molar-refractivity contribution in [2.75, 3.05) is 18.2 Å². The van der Waals surface area contributed by atoms with Crippen molar-refractivity contribution >= 4 is 23.0 Å². The second kappa shape index (κ2) is 5.02. The fourth-order valence-corrected chi connectivity index (χ4v) is 2.03. The summed E-state index contributed by atoms with van der Waals surface area (Å²) in [4.78, 5) is 8.48. The number of nitrogens with one attached hydrogen (secondary N) is 1. The maximum Gasteiger partial charge on any atom is 0.180 e. The van der Waals surface area contributed by atoms with Gasteiger partial charge in [-0.05, 0) is 12.1 Å². The molecule has 3 N–H and O–H groups in total. The van der Waals surface area contributed by atoms with Gasteiger partial charge in [0.1, 0.15) is 11.6 Å². The summed E-state index contributed by atoms with van der Waals surface area (Å²) >= 11 is 0. The lowest BCUT2D eigenvalue weighted by molar-refractivity contribution is 0.416. The van der Waals surface area contributed by atoms with Gasteiger partial charge in [-0.25, -0.2) is 9.97 Å². The molecular weight excluding hydrogens is 268 g/mol. The lowest BCUT2D eigenvalue weighted by Crippen LogP contribution is -2.03. The van der Waals surface area contributed by atoms with Crippen molar-refractivity contribution in [3.05, 3.63) is 42.4 Å². The SMILES string of the molecule is COc1cc(C#N)ccc1Nc1nc(N)cn2ccnc12. The van der Waals surface area contributed by atoms with Crippen LogP contribution in [0.2, 0.25) is 0 Å². The first-order chi connectivity index (χ1) is 10.2. The summed E-state index contributed by atoms with van der Waals surface area (Å²) in [5.41, 5.74) is 7.63. The smallest absolute Gasteiger partial charge is 0.180 e. The minimum Gasteiger partial charge on any atom is -0.495 e. The van der Waals surface area contributed by atoms with E-state index >= 15 is 0 Å². The van der Waals surface area contributed by atoms with Crippen molar-refractivity contribution in [2.45, 2.75) is 0 Å². The van der Waals surface area contributed by atoms with Crippen LogP contribution in [0.5, 0.6) is 5.75 Å². The minimum absolute atomic E-state index is 0.371. The van der Waals surface area contributed by atoms with Crippen LogP contribution < -0.4 is 15.8 Å². The van der Waals surface area contributed by atoms with E-state index in [9.17, 15) is 0 Å². The lowest BCUT2D eigenvalue weighted by Gasteiger charge is -2.12. The van der Waals surface area contributed by atoms with Crippen LogP contribution in [0.1, 0.15) is 5.56 Å². The Bertz CT molecular complexity index is 848. The van der Waals surface area contributed by atoms with Gasteiger partial charge in [0.25, 0.3) is 0 Å². The Hall–Kier alpha value is -3.27. The van der Waals surface area contributed by atoms with Gasteiger partial charge in [0, 0.05) is 18.5 Å². The molecule has 0 amide bonds. The van der Waals surface area contributed by atoms with E-state index in [0.29, 0.717) is 34.3 Å². The molecule has 0 aliphatic carbocycles. The second-order valence-corrected chi connectivity index (χ2v) is 4.32. The van der Waals surface area contributed by atoms with Crippen LogP contribution in [0.4, 0.5) is 17.3 Å². The zero-order chi connectivity index (χ0) is 14.8. The number of fused-ring (bicyclic) bond motifs is 1. The van der Waals surface area contributed by atoms with Gasteiger partial charge in [-0.2, -0.15) is 5.26 Å². The summed E-state index contributed by atoms with van der Waals surface area (Å²) in [5, 5.41) is 12.1. The summed E-state index contributed by atoms with van der Waals surface area (Å²) in [6.07, 6.45) is 5.13. The van der Waals surface area contributed by atoms with E-state index in [1.165, 1.54) is 0 Å². The van der Waals surface area contributed by atoms with Crippen molar-refractivity contribution in [1.82, 2.24) is 14.4 Å². The van der Waals surface area contributed by atoms with Gasteiger partial charge in [0.15, 0.2) is 11.5 Å². The predicted molar refractivity (Wildman–Crippen MR) is 78.4 cm³/mol. The summed E-state index contributed by atoms with van der Waals surface area (Å²) < 4.78 is 7.06. The van der Waals surface area contributed by atoms with Crippen molar-refractivity contribution in [2.24, 2.45) is 0 Å². The zero-order valence-corrected chi connectivity index (χ0v) is 11.2. The summed E-state index contributed by atoms with van der Waals surface area (Å²) in [6, 6.07) is 7.16. The van der Waals surface area contributed by atoms with Crippen molar-refractivity contribution in [3.63, 3.8) is 0 Å². The molecule has 0 fully saturated rings. The summed E-state index contributed by atoms with van der Waals surface area (Å²) in [6.45, 7) is 0. The first-order valence-electron chi connectivity index (χ1n) is 6.15. The molecule has 0 spiro atoms. The maximum atomic E-state index is 8.92. The second-order valence-electron chi connectivity index (χ2n) is 4.32. The van der Waals surface area contributed by atoms with E-state index in [4.69, 9.17) is 15.7 Å². The first-order valence-corrected chi connectivity index (χ1v) is 6.15. The summed E-state index contributed by atoms with van der Waals surface area (Å²) in [7, 11) is 1.54. The molecule has 0 saturated carbocycles. The third-order valence-electron chi connectivity index (χ3n) is 2.98. The molecular formula is C14H12N6O. The molecule has 1 aromatic carbocycles. The molecule has 0 aliphatic heterocycles. The molecule has 0 radical (unpaired) electrons. The Balaban J connectivity index is 2.06. The Labute approximate surface area is 120 Å². The number of nitrogens with two attached hydrogens (primary N) is 1. The van der Waals surface area contributed by atoms with E-state index in [0.717, 1.165) is 0 Å². The molecule has 21 heavy (non-hydrogen) atoms. The molecule has 0 bridgehead atoms. The minimum atomic E-state index is 0.371. The third kappa shape index (κ3) is 2.30. The highest BCUT2D eigenvalue weighted by molar-refractivity contribution is 5.74. The van der Waals surface area contributed by atoms with Crippen LogP contribution in [-0.4, -0.2) is 21.5 Å². The molecule has 7 nitrogen and oxygen atoms in total. The predicted octanol–water partition coefficient (Wildman–Crippen LogP) is 1.94. The molecule has 0 atom stereocenters. The molecule has 3 aromatic rings. The fourth-order valence-electron chi connectivity index (χ4n) is 2.03. The standard InChI is InChI=1S/C14H12N6O/c1-21-11-6-9(7-15)2-3-10(11)18-13-14-17-4-5-20(14)8-12(16)19-13/h2-6,8H,16H2,1H3,(H,18,19). The number of methoxy groups -OCH3 is 1. The average molecular weight is 280 g/mol. The highest BCUT2D eigenvalue weighted by atomic mass is 16.5. The van der Waals surface area contributed by atoms with Gasteiger partial charge >= 0.3 is 0 Å². The van der Waals surface area contributed by atoms with Crippen LogP contribution in [0, 0.1) is 11.3 Å². The monoisotopic (exact) mass is 280 g/mol. The molecule has 104 valence electrons. The number of imidazole rings is 1. The number of ether oxygens (including phenoxy) is 1. The van der Waals surface area contributed by atoms with E-state index in [2.05, 4.69) is 21.4 Å². The number of nitriles is 1. The van der Waals surface area contributed by atoms with Gasteiger partial charge in [0.05, 0.1) is 30.6 Å². The number of benzene rings is 1. The highest BCUT2D eigenvalue weighted by Crippen LogP contribution is 2.29. The van der Waals surface area contributed by atoms with Gasteiger partial charge < -0.3 is 20.2 Å². The topological polar surface area (TPSA) is 101 Å². The normalized spacial score (nSPS) is 10.3. The van der Waals surface area contributed by atoms with E-state index in [1.807, 2.05) is 0 Å². The quantitative estimate of drug-likeness (QED) is 0.760. The van der Waals surface area contributed by atoms with Crippen molar-refractivity contribution in [3.8, 4) is 11.8 Å². The molecule has 2 aromatic heterocycles. The van der Waals surface area contributed by atoms with Crippen LogP contribution in [0.25, 0.3) is 5.65 Å². The molecule has 0 saturated heterocycles. The number of nitrogen functional groups attached to an aromatic ring is 1. The molecule has 0 aliphatic rings. The number of aromatic nitrogens is 3. The Morgan fingerprint density at radius 3 is 3.05 bits per heavy atom. The van der Waals surface area contributed by atoms with Crippen molar-refractivity contribution < 1.29 is 4.74 Å².